The minimum atomic E-state index is -1.10. The Labute approximate surface area is 362 Å². The van der Waals surface area contributed by atoms with Crippen molar-refractivity contribution in [2.75, 3.05) is 48.5 Å². The number of likely N-dealkylation sites (N-methyl/N-ethyl adjacent to an activating group) is 2. The lowest BCUT2D eigenvalue weighted by Crippen LogP contribution is -2.61. The number of carbonyl (C=O) groups excluding carboxylic acids is 1. The molecule has 3 fully saturated rings. The first-order chi connectivity index (χ1) is 28.7. The zero-order valence-corrected chi connectivity index (χ0v) is 38.6. The topological polar surface area (TPSA) is 192 Å². The van der Waals surface area contributed by atoms with Crippen molar-refractivity contribution in [3.8, 4) is 11.4 Å². The van der Waals surface area contributed by atoms with E-state index in [0.717, 1.165) is 0 Å². The molecule has 0 spiro atoms. The first-order valence-corrected chi connectivity index (χ1v) is 21.8. The van der Waals surface area contributed by atoms with Gasteiger partial charge in [-0.2, -0.15) is 0 Å². The first kappa shape index (κ1) is 49.3. The summed E-state index contributed by atoms with van der Waals surface area (Å²) in [6.45, 7) is 16.2. The van der Waals surface area contributed by atoms with E-state index in [9.17, 15) is 20.1 Å². The van der Waals surface area contributed by atoms with Crippen molar-refractivity contribution < 1.29 is 53.3 Å². The normalized spacial score (nSPS) is 41.5. The average Bonchev–Trinajstić information content (AvgIpc) is 3.69. The van der Waals surface area contributed by atoms with Crippen molar-refractivity contribution in [2.45, 2.75) is 160 Å². The quantitative estimate of drug-likeness (QED) is 0.295. The Morgan fingerprint density at radius 2 is 1.61 bits per heavy atom. The van der Waals surface area contributed by atoms with Gasteiger partial charge < -0.3 is 58.3 Å². The summed E-state index contributed by atoms with van der Waals surface area (Å²) in [5.74, 6) is -2.55. The van der Waals surface area contributed by atoms with Gasteiger partial charge in [0.05, 0.1) is 66.1 Å². The second-order valence-electron chi connectivity index (χ2n) is 18.8. The molecule has 0 bridgehead atoms. The highest BCUT2D eigenvalue weighted by molar-refractivity contribution is 5.73. The van der Waals surface area contributed by atoms with Gasteiger partial charge in [0.2, 0.25) is 0 Å². The highest BCUT2D eigenvalue weighted by Crippen LogP contribution is 2.41. The monoisotopic (exact) mass is 863 g/mol. The minimum Gasteiger partial charge on any atom is -0.459 e. The molecule has 0 amide bonds. The van der Waals surface area contributed by atoms with Crippen LogP contribution in [0.2, 0.25) is 0 Å². The third-order valence-electron chi connectivity index (χ3n) is 13.4. The number of ether oxygens (including phenoxy) is 7. The molecule has 17 atom stereocenters. The number of carbonyl (C=O) groups is 1. The number of hydrogen-bond donors (Lipinski definition) is 3. The summed E-state index contributed by atoms with van der Waals surface area (Å²) in [7, 11) is 8.92. The van der Waals surface area contributed by atoms with Crippen molar-refractivity contribution in [1.82, 2.24) is 29.8 Å². The minimum absolute atomic E-state index is 0.166. The molecule has 3 saturated heterocycles. The van der Waals surface area contributed by atoms with Gasteiger partial charge in [-0.25, -0.2) is 4.68 Å². The Morgan fingerprint density at radius 1 is 0.902 bits per heavy atom. The van der Waals surface area contributed by atoms with Gasteiger partial charge in [0.25, 0.3) is 0 Å². The van der Waals surface area contributed by atoms with Crippen LogP contribution in [0, 0.1) is 23.7 Å². The van der Waals surface area contributed by atoms with Crippen LogP contribution in [0.3, 0.4) is 0 Å². The number of esters is 1. The Balaban J connectivity index is 1.58. The number of methoxy groups -OCH3 is 2. The van der Waals surface area contributed by atoms with E-state index in [4.69, 9.17) is 33.2 Å². The van der Waals surface area contributed by atoms with E-state index in [1.807, 2.05) is 78.9 Å². The van der Waals surface area contributed by atoms with E-state index in [0.29, 0.717) is 37.3 Å². The summed E-state index contributed by atoms with van der Waals surface area (Å²) >= 11 is 0. The number of aromatic nitrogens is 4. The molecular formula is C44H74N6O11. The molecule has 0 radical (unpaired) electrons. The fourth-order valence-corrected chi connectivity index (χ4v) is 9.69. The third-order valence-corrected chi connectivity index (χ3v) is 13.4. The van der Waals surface area contributed by atoms with Gasteiger partial charge in [0.15, 0.2) is 12.6 Å². The molecule has 3 aliphatic heterocycles. The summed E-state index contributed by atoms with van der Waals surface area (Å²) in [6.07, 6.45) is -3.46. The van der Waals surface area contributed by atoms with Crippen LogP contribution in [-0.4, -0.2) is 178 Å². The standard InChI is InChI=1S/C44H74N6O11/c1-25-19-44(8,56-13)40(61-42-37(52)34(48(9)10)18-27(3)57-42)28(4)38(60-35-20-43(7,55-12)39(53)30(6)58-35)29(5)41(54)59-31(22-49(11)21-26(2)36(25)51)23-50-24-33(46-47-50)32-16-14-15-17-45-32/h14-17,24-31,34-40,42,51-53H,18-23H2,1-13H3/t25-,26-,27-,28+,29-,30+,31-,34+,35+,36+,37-,38+,39+,40-,42+,43-,44-/m1/s1. The lowest BCUT2D eigenvalue weighted by molar-refractivity contribution is -0.319. The molecular weight excluding hydrogens is 789 g/mol. The van der Waals surface area contributed by atoms with Crippen molar-refractivity contribution in [1.29, 1.82) is 0 Å². The van der Waals surface area contributed by atoms with Crippen LogP contribution >= 0.6 is 0 Å². The smallest absolute Gasteiger partial charge is 0.311 e. The van der Waals surface area contributed by atoms with Crippen molar-refractivity contribution in [3.05, 3.63) is 30.6 Å². The van der Waals surface area contributed by atoms with Crippen LogP contribution < -0.4 is 0 Å². The number of aliphatic hydroxyl groups excluding tert-OH is 3. The molecule has 3 aliphatic rings. The van der Waals surface area contributed by atoms with Gasteiger partial charge in [0, 0.05) is 51.9 Å². The summed E-state index contributed by atoms with van der Waals surface area (Å²) < 4.78 is 46.9. The average molecular weight is 863 g/mol. The fraction of sp³-hybridized carbons (Fsp3) is 0.818. The van der Waals surface area contributed by atoms with E-state index in [1.165, 1.54) is 0 Å². The molecule has 61 heavy (non-hydrogen) atoms. The number of rotatable bonds is 10. The second-order valence-corrected chi connectivity index (χ2v) is 18.8. The molecule has 3 N–H and O–H groups in total. The molecule has 5 rings (SSSR count). The maximum absolute atomic E-state index is 14.7. The zero-order chi connectivity index (χ0) is 45.0. The van der Waals surface area contributed by atoms with Gasteiger partial charge in [-0.15, -0.1) is 5.10 Å². The molecule has 346 valence electrons. The predicted molar refractivity (Wildman–Crippen MR) is 226 cm³/mol. The highest BCUT2D eigenvalue weighted by Gasteiger charge is 2.52. The number of hydrogen-bond acceptors (Lipinski definition) is 16. The summed E-state index contributed by atoms with van der Waals surface area (Å²) in [5.41, 5.74) is -0.863. The number of aliphatic hydroxyl groups is 3. The van der Waals surface area contributed by atoms with E-state index >= 15 is 0 Å². The lowest BCUT2D eigenvalue weighted by atomic mass is 9.75. The highest BCUT2D eigenvalue weighted by atomic mass is 16.7. The van der Waals surface area contributed by atoms with Crippen molar-refractivity contribution >= 4 is 5.97 Å². The maximum atomic E-state index is 14.7. The first-order valence-electron chi connectivity index (χ1n) is 21.8. The van der Waals surface area contributed by atoms with Gasteiger partial charge in [-0.1, -0.05) is 32.1 Å². The molecule has 17 heteroatoms. The number of cyclic esters (lactones) is 1. The molecule has 5 heterocycles. The Kier molecular flexibility index (Phi) is 16.9. The molecule has 0 saturated carbocycles. The number of nitrogens with zero attached hydrogens (tertiary/aromatic N) is 6. The van der Waals surface area contributed by atoms with Crippen molar-refractivity contribution in [2.24, 2.45) is 23.7 Å². The predicted octanol–water partition coefficient (Wildman–Crippen LogP) is 3.00. The van der Waals surface area contributed by atoms with Crippen molar-refractivity contribution in [3.63, 3.8) is 0 Å². The molecule has 17 nitrogen and oxygen atoms in total. The fourth-order valence-electron chi connectivity index (χ4n) is 9.69. The lowest BCUT2D eigenvalue weighted by Gasteiger charge is -2.49. The number of pyridine rings is 1. The summed E-state index contributed by atoms with van der Waals surface area (Å²) in [4.78, 5) is 23.1. The van der Waals surface area contributed by atoms with E-state index in [-0.39, 0.29) is 36.9 Å². The van der Waals surface area contributed by atoms with Gasteiger partial charge >= 0.3 is 5.97 Å². The molecule has 0 aliphatic carbocycles. The van der Waals surface area contributed by atoms with Crippen LogP contribution in [0.1, 0.15) is 74.7 Å². The Bertz CT molecular complexity index is 1670. The second kappa shape index (κ2) is 20.9. The van der Waals surface area contributed by atoms with Crippen LogP contribution in [-0.2, 0) is 44.5 Å². The van der Waals surface area contributed by atoms with E-state index in [1.54, 1.807) is 52.1 Å². The zero-order valence-electron chi connectivity index (χ0n) is 38.6. The molecule has 0 aromatic carbocycles. The molecule has 2 aromatic heterocycles. The van der Waals surface area contributed by atoms with E-state index in [2.05, 4.69) is 20.2 Å². The Morgan fingerprint density at radius 3 is 2.25 bits per heavy atom. The molecule has 2 aromatic rings. The summed E-state index contributed by atoms with van der Waals surface area (Å²) in [6, 6.07) is 5.31. The van der Waals surface area contributed by atoms with Crippen LogP contribution in [0.25, 0.3) is 11.4 Å². The summed E-state index contributed by atoms with van der Waals surface area (Å²) in [5, 5.41) is 43.4. The largest absolute Gasteiger partial charge is 0.459 e. The van der Waals surface area contributed by atoms with Gasteiger partial charge in [-0.05, 0) is 92.6 Å². The van der Waals surface area contributed by atoms with Crippen LogP contribution in [0.4, 0.5) is 0 Å². The molecule has 0 unspecified atom stereocenters. The third kappa shape index (κ3) is 11.7. The maximum Gasteiger partial charge on any atom is 0.311 e. The SMILES string of the molecule is CO[C@]1(C)C[C@@H](C)[C@H](O)[C@H](C)CN(C)C[C@H](Cn2cc(-c3ccccn3)nn2)OC(=O)[C@H](C)[C@@H](O[C@H]2C[C@@](C)(OC)[C@@H](O)[C@H](C)O2)[C@H](C)[C@H]1O[C@@H]1O[C@H](C)C[C@H](N(C)C)[C@H]1O. The Hall–Kier alpha value is -2.68. The van der Waals surface area contributed by atoms with Gasteiger partial charge in [-0.3, -0.25) is 9.78 Å². The van der Waals surface area contributed by atoms with Crippen LogP contribution in [0.15, 0.2) is 30.6 Å². The van der Waals surface area contributed by atoms with E-state index < -0.39 is 84.3 Å². The van der Waals surface area contributed by atoms with Crippen LogP contribution in [0.5, 0.6) is 0 Å². The van der Waals surface area contributed by atoms with Gasteiger partial charge in [0.1, 0.15) is 24.0 Å².